The van der Waals surface area contributed by atoms with Crippen LogP contribution in [0.1, 0.15) is 30.7 Å². The summed E-state index contributed by atoms with van der Waals surface area (Å²) >= 11 is 0. The van der Waals surface area contributed by atoms with Gasteiger partial charge < -0.3 is 15.1 Å². The summed E-state index contributed by atoms with van der Waals surface area (Å²) in [5.41, 5.74) is 1.92. The van der Waals surface area contributed by atoms with Gasteiger partial charge in [0.2, 0.25) is 0 Å². The van der Waals surface area contributed by atoms with Crippen molar-refractivity contribution >= 4 is 17.5 Å². The van der Waals surface area contributed by atoms with E-state index in [1.807, 2.05) is 42.3 Å². The molecule has 0 saturated carbocycles. The maximum atomic E-state index is 13.0. The first-order valence-corrected chi connectivity index (χ1v) is 11.0. The smallest absolute Gasteiger partial charge is 0.357 e. The highest BCUT2D eigenvalue weighted by atomic mass is 19.4. The molecular formula is C25H26F3N5O. The minimum Gasteiger partial charge on any atom is -0.357 e. The van der Waals surface area contributed by atoms with Gasteiger partial charge in [0, 0.05) is 42.9 Å². The number of hydrogen-bond donors (Lipinski definition) is 1. The number of carbonyl (C=O) groups excluding carboxylic acids is 1. The lowest BCUT2D eigenvalue weighted by atomic mass is 10.0. The summed E-state index contributed by atoms with van der Waals surface area (Å²) in [5, 5.41) is 2.60. The zero-order chi connectivity index (χ0) is 24.5. The van der Waals surface area contributed by atoms with Crippen LogP contribution in [0.5, 0.6) is 0 Å². The van der Waals surface area contributed by atoms with E-state index >= 15 is 0 Å². The highest BCUT2D eigenvalue weighted by Crippen LogP contribution is 2.32. The van der Waals surface area contributed by atoms with Crippen LogP contribution in [-0.4, -0.2) is 40.5 Å². The summed E-state index contributed by atoms with van der Waals surface area (Å²) in [6, 6.07) is 14.0. The summed E-state index contributed by atoms with van der Waals surface area (Å²) < 4.78 is 39.1. The molecule has 0 fully saturated rings. The summed E-state index contributed by atoms with van der Waals surface area (Å²) in [5.74, 6) is 1.37. The number of nitrogens with zero attached hydrogens (tertiary/aromatic N) is 4. The Labute approximate surface area is 196 Å². The topological polar surface area (TPSA) is 61.4 Å². The molecule has 9 heteroatoms. The molecule has 0 bridgehead atoms. The quantitative estimate of drug-likeness (QED) is 0.541. The third-order valence-corrected chi connectivity index (χ3v) is 5.91. The lowest BCUT2D eigenvalue weighted by molar-refractivity contribution is -0.137. The average molecular weight is 470 g/mol. The molecule has 3 aromatic rings. The van der Waals surface area contributed by atoms with Gasteiger partial charge in [0.05, 0.1) is 17.8 Å². The number of amides is 2. The predicted octanol–water partition coefficient (Wildman–Crippen LogP) is 5.60. The highest BCUT2D eigenvalue weighted by Gasteiger charge is 2.31. The summed E-state index contributed by atoms with van der Waals surface area (Å²) in [7, 11) is 1.95. The van der Waals surface area contributed by atoms with Crippen LogP contribution in [0.2, 0.25) is 0 Å². The minimum absolute atomic E-state index is 0.0980. The van der Waals surface area contributed by atoms with Crippen molar-refractivity contribution < 1.29 is 18.0 Å². The summed E-state index contributed by atoms with van der Waals surface area (Å²) in [4.78, 5) is 26.1. The first kappa shape index (κ1) is 23.5. The van der Waals surface area contributed by atoms with Crippen molar-refractivity contribution in [2.24, 2.45) is 0 Å². The zero-order valence-corrected chi connectivity index (χ0v) is 19.2. The number of benzene rings is 2. The van der Waals surface area contributed by atoms with Gasteiger partial charge >= 0.3 is 12.2 Å². The van der Waals surface area contributed by atoms with Gasteiger partial charge in [0.15, 0.2) is 5.82 Å². The fourth-order valence-electron chi connectivity index (χ4n) is 3.80. The van der Waals surface area contributed by atoms with Crippen LogP contribution < -0.4 is 10.2 Å². The molecule has 0 radical (unpaired) electrons. The van der Waals surface area contributed by atoms with E-state index < -0.39 is 17.8 Å². The van der Waals surface area contributed by atoms with Gasteiger partial charge in [-0.25, -0.2) is 14.8 Å². The number of hydrogen-bond acceptors (Lipinski definition) is 4. The molecular weight excluding hydrogens is 443 g/mol. The number of halogens is 3. The largest absolute Gasteiger partial charge is 0.416 e. The molecule has 0 spiro atoms. The number of anilines is 2. The van der Waals surface area contributed by atoms with E-state index in [-0.39, 0.29) is 18.3 Å². The number of rotatable bonds is 4. The summed E-state index contributed by atoms with van der Waals surface area (Å²) in [6.07, 6.45) is -3.96. The Hall–Kier alpha value is -3.62. The third kappa shape index (κ3) is 4.98. The molecule has 2 aromatic carbocycles. The van der Waals surface area contributed by atoms with Gasteiger partial charge in [-0.05, 0) is 32.0 Å². The normalized spacial score (nSPS) is 13.6. The van der Waals surface area contributed by atoms with E-state index in [4.69, 9.17) is 9.97 Å². The van der Waals surface area contributed by atoms with Crippen molar-refractivity contribution in [2.45, 2.75) is 39.0 Å². The first-order chi connectivity index (χ1) is 16.1. The Morgan fingerprint density at radius 1 is 1.09 bits per heavy atom. The fourth-order valence-corrected chi connectivity index (χ4v) is 3.80. The van der Waals surface area contributed by atoms with Gasteiger partial charge in [-0.3, -0.25) is 0 Å². The predicted molar refractivity (Wildman–Crippen MR) is 126 cm³/mol. The van der Waals surface area contributed by atoms with Crippen molar-refractivity contribution in [3.8, 4) is 11.4 Å². The molecule has 34 heavy (non-hydrogen) atoms. The highest BCUT2D eigenvalue weighted by molar-refractivity contribution is 5.89. The zero-order valence-electron chi connectivity index (χ0n) is 19.2. The maximum Gasteiger partial charge on any atom is 0.416 e. The molecule has 2 heterocycles. The van der Waals surface area contributed by atoms with Gasteiger partial charge in [0.25, 0.3) is 0 Å². The number of carbonyl (C=O) groups is 1. The number of fused-ring (bicyclic) bond motifs is 1. The van der Waals surface area contributed by atoms with E-state index in [1.54, 1.807) is 4.90 Å². The molecule has 1 aliphatic rings. The Morgan fingerprint density at radius 2 is 1.82 bits per heavy atom. The average Bonchev–Trinajstić information content (AvgIpc) is 2.82. The lowest BCUT2D eigenvalue weighted by Gasteiger charge is -2.33. The van der Waals surface area contributed by atoms with Crippen LogP contribution in [-0.2, 0) is 19.1 Å². The first-order valence-electron chi connectivity index (χ1n) is 11.0. The molecule has 0 saturated heterocycles. The molecule has 0 aliphatic carbocycles. The molecule has 178 valence electrons. The van der Waals surface area contributed by atoms with E-state index in [2.05, 4.69) is 19.2 Å². The second-order valence-corrected chi connectivity index (χ2v) is 8.55. The number of urea groups is 1. The van der Waals surface area contributed by atoms with Gasteiger partial charge in [-0.1, -0.05) is 36.4 Å². The third-order valence-electron chi connectivity index (χ3n) is 5.91. The molecule has 1 N–H and O–H groups in total. The van der Waals surface area contributed by atoms with E-state index in [9.17, 15) is 18.0 Å². The standard InChI is InChI=1S/C25H26F3N5O/c1-16(2)32(3)23-20-15-33(24(34)29-19-11-7-10-18(14-19)25(26,27)28)13-12-21(20)30-22(31-23)17-8-5-4-6-9-17/h4-11,14,16H,12-13,15H2,1-3H3,(H,29,34). The van der Waals surface area contributed by atoms with Crippen molar-refractivity contribution in [1.29, 1.82) is 0 Å². The number of alkyl halides is 3. The van der Waals surface area contributed by atoms with Crippen molar-refractivity contribution in [3.05, 3.63) is 71.4 Å². The van der Waals surface area contributed by atoms with E-state index in [0.717, 1.165) is 34.8 Å². The second kappa shape index (κ2) is 9.32. The SMILES string of the molecule is CC(C)N(C)c1nc(-c2ccccc2)nc2c1CN(C(=O)Nc1cccc(C(F)(F)F)c1)CC2. The van der Waals surface area contributed by atoms with Crippen molar-refractivity contribution in [2.75, 3.05) is 23.8 Å². The monoisotopic (exact) mass is 469 g/mol. The van der Waals surface area contributed by atoms with Crippen LogP contribution in [0.3, 0.4) is 0 Å². The molecule has 4 rings (SSSR count). The summed E-state index contributed by atoms with van der Waals surface area (Å²) in [6.45, 7) is 4.77. The molecule has 0 unspecified atom stereocenters. The van der Waals surface area contributed by atoms with Gasteiger partial charge in [0.1, 0.15) is 5.82 Å². The Balaban J connectivity index is 1.61. The van der Waals surface area contributed by atoms with Crippen LogP contribution in [0, 0.1) is 0 Å². The molecule has 1 aromatic heterocycles. The van der Waals surface area contributed by atoms with Crippen LogP contribution >= 0.6 is 0 Å². The Bertz CT molecular complexity index is 1180. The van der Waals surface area contributed by atoms with Crippen LogP contribution in [0.15, 0.2) is 54.6 Å². The molecule has 2 amide bonds. The Morgan fingerprint density at radius 3 is 2.50 bits per heavy atom. The molecule has 6 nitrogen and oxygen atoms in total. The van der Waals surface area contributed by atoms with Gasteiger partial charge in [-0.15, -0.1) is 0 Å². The Kier molecular flexibility index (Phi) is 6.45. The van der Waals surface area contributed by atoms with Crippen LogP contribution in [0.25, 0.3) is 11.4 Å². The van der Waals surface area contributed by atoms with E-state index in [0.29, 0.717) is 18.8 Å². The van der Waals surface area contributed by atoms with Crippen LogP contribution in [0.4, 0.5) is 29.5 Å². The number of nitrogens with one attached hydrogen (secondary N) is 1. The molecule has 1 aliphatic heterocycles. The number of aromatic nitrogens is 2. The molecule has 0 atom stereocenters. The fraction of sp³-hybridized carbons (Fsp3) is 0.320. The van der Waals surface area contributed by atoms with Crippen molar-refractivity contribution in [1.82, 2.24) is 14.9 Å². The van der Waals surface area contributed by atoms with E-state index in [1.165, 1.54) is 12.1 Å². The second-order valence-electron chi connectivity index (χ2n) is 8.55. The maximum absolute atomic E-state index is 13.0. The van der Waals surface area contributed by atoms with Crippen molar-refractivity contribution in [3.63, 3.8) is 0 Å². The minimum atomic E-state index is -4.48. The lowest BCUT2D eigenvalue weighted by Crippen LogP contribution is -2.40. The van der Waals surface area contributed by atoms with Gasteiger partial charge in [-0.2, -0.15) is 13.2 Å².